The fraction of sp³-hybridized carbons (Fsp3) is 0.125. The van der Waals surface area contributed by atoms with Gasteiger partial charge < -0.3 is 4.74 Å². The molecular weight excluding hydrogens is 238 g/mol. The van der Waals surface area contributed by atoms with Crippen molar-refractivity contribution in [3.63, 3.8) is 0 Å². The number of ether oxygens (including phenoxy) is 1. The SMILES string of the molecule is CC(=CC(=O)OCc1ccccc1)c1ccccn1. The second kappa shape index (κ2) is 6.50. The summed E-state index contributed by atoms with van der Waals surface area (Å²) < 4.78 is 5.18. The van der Waals surface area contributed by atoms with Crippen LogP contribution in [0.5, 0.6) is 0 Å². The highest BCUT2D eigenvalue weighted by Gasteiger charge is 2.02. The van der Waals surface area contributed by atoms with E-state index < -0.39 is 0 Å². The topological polar surface area (TPSA) is 39.2 Å². The molecule has 0 aliphatic carbocycles. The van der Waals surface area contributed by atoms with Crippen molar-refractivity contribution in [2.75, 3.05) is 0 Å². The molecule has 1 aromatic carbocycles. The summed E-state index contributed by atoms with van der Waals surface area (Å²) in [7, 11) is 0. The number of carbonyl (C=O) groups excluding carboxylic acids is 1. The van der Waals surface area contributed by atoms with E-state index in [4.69, 9.17) is 4.74 Å². The fourth-order valence-corrected chi connectivity index (χ4v) is 1.62. The standard InChI is InChI=1S/C16H15NO2/c1-13(15-9-5-6-10-17-15)11-16(18)19-12-14-7-3-2-4-8-14/h2-11H,12H2,1H3. The highest BCUT2D eigenvalue weighted by Crippen LogP contribution is 2.10. The van der Waals surface area contributed by atoms with Crippen molar-refractivity contribution in [3.8, 4) is 0 Å². The van der Waals surface area contributed by atoms with Gasteiger partial charge >= 0.3 is 5.97 Å². The number of rotatable bonds is 4. The maximum absolute atomic E-state index is 11.7. The predicted molar refractivity (Wildman–Crippen MR) is 74.1 cm³/mol. The first-order valence-electron chi connectivity index (χ1n) is 6.06. The van der Waals surface area contributed by atoms with Gasteiger partial charge in [-0.15, -0.1) is 0 Å². The molecule has 0 fully saturated rings. The number of hydrogen-bond donors (Lipinski definition) is 0. The van der Waals surface area contributed by atoms with E-state index in [2.05, 4.69) is 4.98 Å². The van der Waals surface area contributed by atoms with Gasteiger partial charge in [-0.05, 0) is 30.2 Å². The van der Waals surface area contributed by atoms with Gasteiger partial charge in [0.25, 0.3) is 0 Å². The van der Waals surface area contributed by atoms with Gasteiger partial charge in [-0.2, -0.15) is 0 Å². The van der Waals surface area contributed by atoms with E-state index in [0.717, 1.165) is 16.8 Å². The minimum atomic E-state index is -0.355. The number of pyridine rings is 1. The van der Waals surface area contributed by atoms with E-state index in [0.29, 0.717) is 0 Å². The van der Waals surface area contributed by atoms with Crippen LogP contribution in [0.15, 0.2) is 60.8 Å². The molecule has 96 valence electrons. The van der Waals surface area contributed by atoms with Crippen LogP contribution in [-0.4, -0.2) is 11.0 Å². The molecule has 2 rings (SSSR count). The van der Waals surface area contributed by atoms with Gasteiger partial charge in [0.05, 0.1) is 5.69 Å². The number of esters is 1. The van der Waals surface area contributed by atoms with Gasteiger partial charge in [0.1, 0.15) is 6.61 Å². The van der Waals surface area contributed by atoms with E-state index in [9.17, 15) is 4.79 Å². The highest BCUT2D eigenvalue weighted by molar-refractivity contribution is 5.90. The molecule has 0 saturated heterocycles. The smallest absolute Gasteiger partial charge is 0.331 e. The summed E-state index contributed by atoms with van der Waals surface area (Å²) in [6, 6.07) is 15.2. The number of aromatic nitrogens is 1. The zero-order valence-electron chi connectivity index (χ0n) is 10.7. The van der Waals surface area contributed by atoms with Crippen LogP contribution < -0.4 is 0 Å². The minimum absolute atomic E-state index is 0.283. The van der Waals surface area contributed by atoms with Crippen molar-refractivity contribution in [1.29, 1.82) is 0 Å². The monoisotopic (exact) mass is 253 g/mol. The molecule has 19 heavy (non-hydrogen) atoms. The first kappa shape index (κ1) is 13.0. The second-order valence-corrected chi connectivity index (χ2v) is 4.14. The van der Waals surface area contributed by atoms with E-state index in [1.54, 1.807) is 6.20 Å². The van der Waals surface area contributed by atoms with Crippen molar-refractivity contribution < 1.29 is 9.53 Å². The molecule has 0 N–H and O–H groups in total. The van der Waals surface area contributed by atoms with Crippen LogP contribution in [0.3, 0.4) is 0 Å². The zero-order valence-corrected chi connectivity index (χ0v) is 10.7. The summed E-state index contributed by atoms with van der Waals surface area (Å²) in [5.41, 5.74) is 2.54. The summed E-state index contributed by atoms with van der Waals surface area (Å²) in [4.78, 5) is 15.8. The average molecular weight is 253 g/mol. The molecule has 0 bridgehead atoms. The van der Waals surface area contributed by atoms with Gasteiger partial charge in [0.2, 0.25) is 0 Å². The summed E-state index contributed by atoms with van der Waals surface area (Å²) in [6.07, 6.45) is 3.16. The van der Waals surface area contributed by atoms with Crippen LogP contribution in [0.1, 0.15) is 18.2 Å². The molecule has 0 aliphatic rings. The molecule has 0 amide bonds. The lowest BCUT2D eigenvalue weighted by atomic mass is 10.2. The Hall–Kier alpha value is -2.42. The maximum atomic E-state index is 11.7. The van der Waals surface area contributed by atoms with Gasteiger partial charge in [0, 0.05) is 12.3 Å². The molecule has 0 unspecified atom stereocenters. The largest absolute Gasteiger partial charge is 0.458 e. The van der Waals surface area contributed by atoms with Crippen molar-refractivity contribution in [1.82, 2.24) is 4.98 Å². The summed E-state index contributed by atoms with van der Waals surface area (Å²) >= 11 is 0. The summed E-state index contributed by atoms with van der Waals surface area (Å²) in [5, 5.41) is 0. The molecule has 2 aromatic rings. The third kappa shape index (κ3) is 4.07. The van der Waals surface area contributed by atoms with Gasteiger partial charge in [0.15, 0.2) is 0 Å². The van der Waals surface area contributed by atoms with Crippen LogP contribution in [0, 0.1) is 0 Å². The molecule has 0 saturated carbocycles. The summed E-state index contributed by atoms with van der Waals surface area (Å²) in [5.74, 6) is -0.355. The van der Waals surface area contributed by atoms with E-state index in [1.165, 1.54) is 6.08 Å². The highest BCUT2D eigenvalue weighted by atomic mass is 16.5. The zero-order chi connectivity index (χ0) is 13.5. The number of nitrogens with zero attached hydrogens (tertiary/aromatic N) is 1. The minimum Gasteiger partial charge on any atom is -0.458 e. The number of allylic oxidation sites excluding steroid dienone is 1. The molecule has 3 heteroatoms. The van der Waals surface area contributed by atoms with Crippen molar-refractivity contribution in [2.45, 2.75) is 13.5 Å². The lowest BCUT2D eigenvalue weighted by molar-refractivity contribution is -0.138. The van der Waals surface area contributed by atoms with Crippen LogP contribution >= 0.6 is 0 Å². The van der Waals surface area contributed by atoms with Crippen molar-refractivity contribution in [2.24, 2.45) is 0 Å². The normalized spacial score (nSPS) is 11.1. The van der Waals surface area contributed by atoms with Crippen LogP contribution in [-0.2, 0) is 16.1 Å². The first-order valence-corrected chi connectivity index (χ1v) is 6.06. The molecule has 3 nitrogen and oxygen atoms in total. The Morgan fingerprint density at radius 1 is 1.16 bits per heavy atom. The van der Waals surface area contributed by atoms with Gasteiger partial charge in [-0.3, -0.25) is 4.98 Å². The van der Waals surface area contributed by atoms with Gasteiger partial charge in [-0.1, -0.05) is 36.4 Å². The van der Waals surface area contributed by atoms with Crippen molar-refractivity contribution in [3.05, 3.63) is 72.1 Å². The molecule has 0 spiro atoms. The summed E-state index contributed by atoms with van der Waals surface area (Å²) in [6.45, 7) is 2.12. The molecule has 0 aliphatic heterocycles. The third-order valence-corrected chi connectivity index (χ3v) is 2.63. The van der Waals surface area contributed by atoms with E-state index in [1.807, 2.05) is 55.5 Å². The Bertz CT molecular complexity index is 562. The third-order valence-electron chi connectivity index (χ3n) is 2.63. The molecule has 1 aromatic heterocycles. The molecular formula is C16H15NO2. The van der Waals surface area contributed by atoms with Crippen LogP contribution in [0.25, 0.3) is 5.57 Å². The number of benzene rings is 1. The molecule has 0 radical (unpaired) electrons. The lowest BCUT2D eigenvalue weighted by Gasteiger charge is -2.03. The number of hydrogen-bond acceptors (Lipinski definition) is 3. The quantitative estimate of drug-likeness (QED) is 0.620. The Morgan fingerprint density at radius 2 is 1.89 bits per heavy atom. The fourth-order valence-electron chi connectivity index (χ4n) is 1.62. The Labute approximate surface area is 112 Å². The first-order chi connectivity index (χ1) is 9.25. The van der Waals surface area contributed by atoms with Crippen molar-refractivity contribution >= 4 is 11.5 Å². The Morgan fingerprint density at radius 3 is 2.58 bits per heavy atom. The average Bonchev–Trinajstić information content (AvgIpc) is 2.47. The van der Waals surface area contributed by atoms with Gasteiger partial charge in [-0.25, -0.2) is 4.79 Å². The van der Waals surface area contributed by atoms with E-state index in [-0.39, 0.29) is 12.6 Å². The van der Waals surface area contributed by atoms with Crippen LogP contribution in [0.4, 0.5) is 0 Å². The predicted octanol–water partition coefficient (Wildman–Crippen LogP) is 3.23. The maximum Gasteiger partial charge on any atom is 0.331 e. The van der Waals surface area contributed by atoms with Crippen LogP contribution in [0.2, 0.25) is 0 Å². The number of carbonyl (C=O) groups is 1. The lowest BCUT2D eigenvalue weighted by Crippen LogP contribution is -2.02. The molecule has 1 heterocycles. The molecule has 0 atom stereocenters. The second-order valence-electron chi connectivity index (χ2n) is 4.14. The Kier molecular flexibility index (Phi) is 4.45. The van der Waals surface area contributed by atoms with E-state index >= 15 is 0 Å². The Balaban J connectivity index is 1.94.